The maximum absolute atomic E-state index is 12.2. The van der Waals surface area contributed by atoms with E-state index in [2.05, 4.69) is 5.32 Å². The number of fused-ring (bicyclic) bond motifs is 1. The van der Waals surface area contributed by atoms with Gasteiger partial charge in [0.15, 0.2) is 0 Å². The highest BCUT2D eigenvalue weighted by Gasteiger charge is 2.22. The highest BCUT2D eigenvalue weighted by Crippen LogP contribution is 2.37. The van der Waals surface area contributed by atoms with Crippen molar-refractivity contribution in [3.05, 3.63) is 58.0 Å². The third-order valence-electron chi connectivity index (χ3n) is 3.78. The number of nitrogens with zero attached hydrogens (tertiary/aromatic N) is 1. The van der Waals surface area contributed by atoms with Crippen LogP contribution >= 0.6 is 0 Å². The Morgan fingerprint density at radius 2 is 2.26 bits per heavy atom. The molecule has 1 aliphatic rings. The zero-order chi connectivity index (χ0) is 16.4. The number of amides is 1. The highest BCUT2D eigenvalue weighted by atomic mass is 16.5. The Labute approximate surface area is 133 Å². The van der Waals surface area contributed by atoms with Gasteiger partial charge in [0.1, 0.15) is 12.3 Å². The topological polar surface area (TPSA) is 80.6 Å². The third-order valence-corrected chi connectivity index (χ3v) is 3.78. The van der Waals surface area contributed by atoms with Gasteiger partial charge in [-0.05, 0) is 24.6 Å². The van der Waals surface area contributed by atoms with Crippen LogP contribution in [0.2, 0.25) is 0 Å². The van der Waals surface area contributed by atoms with Crippen molar-refractivity contribution >= 4 is 11.6 Å². The Kier molecular flexibility index (Phi) is 4.16. The molecule has 1 atom stereocenters. The van der Waals surface area contributed by atoms with E-state index in [1.807, 2.05) is 6.92 Å². The van der Waals surface area contributed by atoms with Crippen LogP contribution in [-0.2, 0) is 11.3 Å². The first-order valence-corrected chi connectivity index (χ1v) is 7.45. The van der Waals surface area contributed by atoms with E-state index in [9.17, 15) is 14.7 Å². The molecule has 6 nitrogen and oxygen atoms in total. The van der Waals surface area contributed by atoms with Gasteiger partial charge in [0.2, 0.25) is 5.91 Å². The van der Waals surface area contributed by atoms with Gasteiger partial charge in [0.05, 0.1) is 18.4 Å². The van der Waals surface area contributed by atoms with Gasteiger partial charge in [0, 0.05) is 24.2 Å². The zero-order valence-electron chi connectivity index (χ0n) is 12.8. The fourth-order valence-corrected chi connectivity index (χ4v) is 2.59. The normalized spacial score (nSPS) is 16.3. The highest BCUT2D eigenvalue weighted by molar-refractivity contribution is 5.92. The SMILES string of the molecule is Cc1ccn(CC(=O)Nc2cccc3c2OCC[C@H]3O)c(=O)c1. The quantitative estimate of drug-likeness (QED) is 0.902. The molecule has 0 saturated carbocycles. The van der Waals surface area contributed by atoms with E-state index in [0.717, 1.165) is 5.56 Å². The lowest BCUT2D eigenvalue weighted by molar-refractivity contribution is -0.116. The maximum Gasteiger partial charge on any atom is 0.251 e. The second kappa shape index (κ2) is 6.26. The molecule has 0 saturated heterocycles. The molecular weight excluding hydrogens is 296 g/mol. The first-order valence-electron chi connectivity index (χ1n) is 7.45. The number of aromatic nitrogens is 1. The molecule has 0 unspecified atom stereocenters. The molecule has 1 aromatic carbocycles. The van der Waals surface area contributed by atoms with Gasteiger partial charge in [-0.15, -0.1) is 0 Å². The Bertz CT molecular complexity index is 797. The minimum absolute atomic E-state index is 0.0780. The number of carbonyl (C=O) groups is 1. The number of carbonyl (C=O) groups excluding carboxylic acids is 1. The molecule has 2 aromatic rings. The lowest BCUT2D eigenvalue weighted by Crippen LogP contribution is -2.27. The van der Waals surface area contributed by atoms with Gasteiger partial charge < -0.3 is 19.7 Å². The van der Waals surface area contributed by atoms with E-state index in [1.165, 1.54) is 10.6 Å². The summed E-state index contributed by atoms with van der Waals surface area (Å²) in [4.78, 5) is 24.0. The first kappa shape index (κ1) is 15.3. The van der Waals surface area contributed by atoms with Crippen LogP contribution in [0.1, 0.15) is 23.7 Å². The van der Waals surface area contributed by atoms with Crippen LogP contribution in [0.3, 0.4) is 0 Å². The number of rotatable bonds is 3. The van der Waals surface area contributed by atoms with Crippen molar-refractivity contribution in [2.45, 2.75) is 26.0 Å². The molecule has 6 heteroatoms. The molecule has 3 rings (SSSR count). The van der Waals surface area contributed by atoms with E-state index < -0.39 is 6.10 Å². The van der Waals surface area contributed by atoms with Crippen molar-refractivity contribution in [1.29, 1.82) is 0 Å². The number of para-hydroxylation sites is 1. The van der Waals surface area contributed by atoms with Crippen molar-refractivity contribution in [3.8, 4) is 5.75 Å². The fraction of sp³-hybridized carbons (Fsp3) is 0.294. The number of aryl methyl sites for hydroxylation is 1. The van der Waals surface area contributed by atoms with Crippen molar-refractivity contribution in [2.24, 2.45) is 0 Å². The monoisotopic (exact) mass is 314 g/mol. The Hall–Kier alpha value is -2.60. The number of anilines is 1. The van der Waals surface area contributed by atoms with Gasteiger partial charge >= 0.3 is 0 Å². The summed E-state index contributed by atoms with van der Waals surface area (Å²) in [6, 6.07) is 8.51. The van der Waals surface area contributed by atoms with Crippen LogP contribution in [-0.4, -0.2) is 22.2 Å². The number of hydrogen-bond acceptors (Lipinski definition) is 4. The maximum atomic E-state index is 12.2. The summed E-state index contributed by atoms with van der Waals surface area (Å²) in [5.74, 6) is 0.170. The molecule has 1 aromatic heterocycles. The van der Waals surface area contributed by atoms with Gasteiger partial charge in [-0.25, -0.2) is 0 Å². The van der Waals surface area contributed by atoms with Gasteiger partial charge in [-0.3, -0.25) is 9.59 Å². The van der Waals surface area contributed by atoms with Gasteiger partial charge in [-0.2, -0.15) is 0 Å². The summed E-state index contributed by atoms with van der Waals surface area (Å²) in [5.41, 5.74) is 1.81. The van der Waals surface area contributed by atoms with E-state index >= 15 is 0 Å². The lowest BCUT2D eigenvalue weighted by atomic mass is 10.0. The zero-order valence-corrected chi connectivity index (χ0v) is 12.8. The van der Waals surface area contributed by atoms with Gasteiger partial charge in [-0.1, -0.05) is 12.1 Å². The number of nitrogens with one attached hydrogen (secondary N) is 1. The third kappa shape index (κ3) is 3.27. The molecule has 1 aliphatic heterocycles. The molecule has 0 bridgehead atoms. The molecule has 0 radical (unpaired) electrons. The largest absolute Gasteiger partial charge is 0.491 e. The van der Waals surface area contributed by atoms with Crippen molar-refractivity contribution < 1.29 is 14.6 Å². The summed E-state index contributed by atoms with van der Waals surface area (Å²) < 4.78 is 6.91. The van der Waals surface area contributed by atoms with Crippen LogP contribution < -0.4 is 15.6 Å². The predicted octanol–water partition coefficient (Wildman–Crippen LogP) is 1.61. The minimum Gasteiger partial charge on any atom is -0.491 e. The standard InChI is InChI=1S/C17H18N2O4/c1-11-5-7-19(16(22)9-11)10-15(21)18-13-4-2-3-12-14(20)6-8-23-17(12)13/h2-5,7,9,14,20H,6,8,10H2,1H3,(H,18,21)/t14-/m1/s1. The molecule has 2 N–H and O–H groups in total. The number of aliphatic hydroxyl groups is 1. The Morgan fingerprint density at radius 1 is 1.43 bits per heavy atom. The van der Waals surface area contributed by atoms with E-state index in [0.29, 0.717) is 30.0 Å². The average molecular weight is 314 g/mol. The lowest BCUT2D eigenvalue weighted by Gasteiger charge is -2.24. The molecule has 0 fully saturated rings. The number of ether oxygens (including phenoxy) is 1. The smallest absolute Gasteiger partial charge is 0.251 e. The summed E-state index contributed by atoms with van der Waals surface area (Å²) >= 11 is 0. The Morgan fingerprint density at radius 3 is 3.04 bits per heavy atom. The summed E-state index contributed by atoms with van der Waals surface area (Å²) in [7, 11) is 0. The molecule has 23 heavy (non-hydrogen) atoms. The molecular formula is C17H18N2O4. The molecule has 0 spiro atoms. The Balaban J connectivity index is 1.78. The first-order chi connectivity index (χ1) is 11.0. The molecule has 1 amide bonds. The van der Waals surface area contributed by atoms with Crippen LogP contribution in [0.4, 0.5) is 5.69 Å². The average Bonchev–Trinajstić information content (AvgIpc) is 2.51. The number of hydrogen-bond donors (Lipinski definition) is 2. The molecule has 0 aliphatic carbocycles. The molecule has 120 valence electrons. The van der Waals surface area contributed by atoms with Crippen molar-refractivity contribution in [1.82, 2.24) is 4.57 Å². The summed E-state index contributed by atoms with van der Waals surface area (Å²) in [5, 5.41) is 12.7. The van der Waals surface area contributed by atoms with Crippen molar-refractivity contribution in [3.63, 3.8) is 0 Å². The predicted molar refractivity (Wildman–Crippen MR) is 85.6 cm³/mol. The van der Waals surface area contributed by atoms with Crippen LogP contribution in [0.25, 0.3) is 0 Å². The fourth-order valence-electron chi connectivity index (χ4n) is 2.59. The minimum atomic E-state index is -0.588. The second-order valence-corrected chi connectivity index (χ2v) is 5.60. The molecule has 2 heterocycles. The summed E-state index contributed by atoms with van der Waals surface area (Å²) in [6.45, 7) is 2.15. The van der Waals surface area contributed by atoms with E-state index in [1.54, 1.807) is 30.5 Å². The van der Waals surface area contributed by atoms with E-state index in [4.69, 9.17) is 4.74 Å². The van der Waals surface area contributed by atoms with Crippen LogP contribution in [0.5, 0.6) is 5.75 Å². The summed E-state index contributed by atoms with van der Waals surface area (Å²) in [6.07, 6.45) is 1.54. The van der Waals surface area contributed by atoms with E-state index in [-0.39, 0.29) is 18.0 Å². The number of pyridine rings is 1. The number of benzene rings is 1. The van der Waals surface area contributed by atoms with Gasteiger partial charge in [0.25, 0.3) is 5.56 Å². The van der Waals surface area contributed by atoms with Crippen LogP contribution in [0, 0.1) is 6.92 Å². The van der Waals surface area contributed by atoms with Crippen LogP contribution in [0.15, 0.2) is 41.3 Å². The van der Waals surface area contributed by atoms with Crippen molar-refractivity contribution in [2.75, 3.05) is 11.9 Å². The second-order valence-electron chi connectivity index (χ2n) is 5.60. The number of aliphatic hydroxyl groups excluding tert-OH is 1.